The highest BCUT2D eigenvalue weighted by atomic mass is 14.8. The van der Waals surface area contributed by atoms with E-state index in [9.17, 15) is 0 Å². The molecule has 0 amide bonds. The highest BCUT2D eigenvalue weighted by Crippen LogP contribution is 1.99. The summed E-state index contributed by atoms with van der Waals surface area (Å²) in [6, 6.07) is 2.06. The summed E-state index contributed by atoms with van der Waals surface area (Å²) in [7, 11) is 0. The van der Waals surface area contributed by atoms with Gasteiger partial charge in [-0.3, -0.25) is 4.99 Å². The van der Waals surface area contributed by atoms with E-state index in [2.05, 4.69) is 24.9 Å². The molecule has 0 heterocycles. The number of unbranched alkanes of at least 4 members (excludes halogenated alkanes) is 1. The third kappa shape index (κ3) is 5.60. The van der Waals surface area contributed by atoms with Crippen LogP contribution < -0.4 is 0 Å². The fraction of sp³-hybridized carbons (Fsp3) is 0.778. The van der Waals surface area contributed by atoms with Crippen LogP contribution in [0, 0.1) is 11.3 Å². The van der Waals surface area contributed by atoms with E-state index in [1.807, 2.05) is 6.21 Å². The summed E-state index contributed by atoms with van der Waals surface area (Å²) in [5.74, 6) is 0. The van der Waals surface area contributed by atoms with Crippen LogP contribution in [0.15, 0.2) is 4.99 Å². The Morgan fingerprint density at radius 1 is 1.45 bits per heavy atom. The molecule has 2 nitrogen and oxygen atoms in total. The number of rotatable bonds is 5. The molecule has 0 radical (unpaired) electrons. The molecule has 0 N–H and O–H groups in total. The Labute approximate surface area is 68.9 Å². The number of nitrogens with zero attached hydrogens (tertiary/aromatic N) is 2. The number of hydrogen-bond acceptors (Lipinski definition) is 2. The van der Waals surface area contributed by atoms with E-state index in [-0.39, 0.29) is 6.04 Å². The molecule has 11 heavy (non-hydrogen) atoms. The molecule has 0 aliphatic carbocycles. The van der Waals surface area contributed by atoms with Crippen LogP contribution in [0.25, 0.3) is 0 Å². The first-order valence-electron chi connectivity index (χ1n) is 4.26. The highest BCUT2D eigenvalue weighted by molar-refractivity contribution is 5.57. The molecule has 0 aromatic rings. The Morgan fingerprint density at radius 3 is 2.64 bits per heavy atom. The predicted octanol–water partition coefficient (Wildman–Crippen LogP) is 2.55. The normalized spacial score (nSPS) is 13.2. The number of aliphatic imine (C=N–C) groups is 1. The zero-order chi connectivity index (χ0) is 8.53. The van der Waals surface area contributed by atoms with Gasteiger partial charge in [0.25, 0.3) is 0 Å². The second-order valence-electron chi connectivity index (χ2n) is 2.55. The molecule has 1 atom stereocenters. The van der Waals surface area contributed by atoms with Crippen molar-refractivity contribution in [3.8, 4) is 6.07 Å². The van der Waals surface area contributed by atoms with Crippen molar-refractivity contribution in [3.63, 3.8) is 0 Å². The molecule has 0 spiro atoms. The third-order valence-electron chi connectivity index (χ3n) is 1.41. The summed E-state index contributed by atoms with van der Waals surface area (Å²) in [5.41, 5.74) is 0. The predicted molar refractivity (Wildman–Crippen MR) is 47.7 cm³/mol. The minimum absolute atomic E-state index is 0.105. The van der Waals surface area contributed by atoms with Crippen LogP contribution in [0.1, 0.15) is 39.5 Å². The number of hydrogen-bond donors (Lipinski definition) is 0. The Hall–Kier alpha value is -0.840. The van der Waals surface area contributed by atoms with Gasteiger partial charge >= 0.3 is 0 Å². The first-order chi connectivity index (χ1) is 5.35. The third-order valence-corrected chi connectivity index (χ3v) is 1.41. The maximum Gasteiger partial charge on any atom is 0.136 e. The fourth-order valence-electron chi connectivity index (χ4n) is 0.777. The lowest BCUT2D eigenvalue weighted by Gasteiger charge is -1.98. The summed E-state index contributed by atoms with van der Waals surface area (Å²) < 4.78 is 0. The van der Waals surface area contributed by atoms with Gasteiger partial charge in [-0.2, -0.15) is 5.26 Å². The molecule has 0 saturated heterocycles. The van der Waals surface area contributed by atoms with Gasteiger partial charge in [-0.1, -0.05) is 26.7 Å². The quantitative estimate of drug-likeness (QED) is 0.558. The molecule has 0 aromatic heterocycles. The molecule has 0 bridgehead atoms. The summed E-state index contributed by atoms with van der Waals surface area (Å²) in [6.07, 6.45) is 5.87. The summed E-state index contributed by atoms with van der Waals surface area (Å²) in [5, 5.41) is 8.59. The molecular weight excluding hydrogens is 136 g/mol. The van der Waals surface area contributed by atoms with Gasteiger partial charge < -0.3 is 0 Å². The second-order valence-corrected chi connectivity index (χ2v) is 2.55. The van der Waals surface area contributed by atoms with Crippen LogP contribution in [0.4, 0.5) is 0 Å². The van der Waals surface area contributed by atoms with Gasteiger partial charge in [0, 0.05) is 6.21 Å². The summed E-state index contributed by atoms with van der Waals surface area (Å²) in [6.45, 7) is 4.17. The Balaban J connectivity index is 3.60. The topological polar surface area (TPSA) is 36.1 Å². The van der Waals surface area contributed by atoms with Gasteiger partial charge in [0.15, 0.2) is 0 Å². The SMILES string of the molecule is CCC/C=N/C(C#N)CCC. The van der Waals surface area contributed by atoms with Crippen molar-refractivity contribution in [2.45, 2.75) is 45.6 Å². The lowest BCUT2D eigenvalue weighted by atomic mass is 10.2. The number of nitriles is 1. The average Bonchev–Trinajstić information content (AvgIpc) is 2.03. The van der Waals surface area contributed by atoms with E-state index in [0.717, 1.165) is 25.7 Å². The summed E-state index contributed by atoms with van der Waals surface area (Å²) >= 11 is 0. The van der Waals surface area contributed by atoms with Crippen LogP contribution >= 0.6 is 0 Å². The largest absolute Gasteiger partial charge is 0.279 e. The van der Waals surface area contributed by atoms with Crippen LogP contribution in [-0.4, -0.2) is 12.3 Å². The van der Waals surface area contributed by atoms with Crippen molar-refractivity contribution >= 4 is 6.21 Å². The lowest BCUT2D eigenvalue weighted by molar-refractivity contribution is 0.715. The minimum Gasteiger partial charge on any atom is -0.279 e. The van der Waals surface area contributed by atoms with Gasteiger partial charge in [0.05, 0.1) is 6.07 Å². The first-order valence-corrected chi connectivity index (χ1v) is 4.26. The molecule has 0 rings (SSSR count). The van der Waals surface area contributed by atoms with Crippen molar-refractivity contribution < 1.29 is 0 Å². The van der Waals surface area contributed by atoms with Crippen LogP contribution in [0.5, 0.6) is 0 Å². The second kappa shape index (κ2) is 7.27. The van der Waals surface area contributed by atoms with E-state index < -0.39 is 0 Å². The Morgan fingerprint density at radius 2 is 2.18 bits per heavy atom. The molecule has 0 aromatic carbocycles. The van der Waals surface area contributed by atoms with Gasteiger partial charge in [-0.05, 0) is 12.8 Å². The molecule has 1 unspecified atom stereocenters. The van der Waals surface area contributed by atoms with E-state index in [1.165, 1.54) is 0 Å². The Bertz CT molecular complexity index is 144. The molecular formula is C9H16N2. The van der Waals surface area contributed by atoms with Crippen molar-refractivity contribution in [2.24, 2.45) is 4.99 Å². The lowest BCUT2D eigenvalue weighted by Crippen LogP contribution is -1.99. The van der Waals surface area contributed by atoms with Crippen molar-refractivity contribution in [3.05, 3.63) is 0 Å². The molecule has 62 valence electrons. The van der Waals surface area contributed by atoms with Gasteiger partial charge in [-0.15, -0.1) is 0 Å². The van der Waals surface area contributed by atoms with Crippen LogP contribution in [-0.2, 0) is 0 Å². The van der Waals surface area contributed by atoms with Gasteiger partial charge in [-0.25, -0.2) is 0 Å². The molecule has 2 heteroatoms. The maximum absolute atomic E-state index is 8.59. The smallest absolute Gasteiger partial charge is 0.136 e. The molecule has 0 fully saturated rings. The first kappa shape index (κ1) is 10.2. The van der Waals surface area contributed by atoms with E-state index in [1.54, 1.807) is 0 Å². The summed E-state index contributed by atoms with van der Waals surface area (Å²) in [4.78, 5) is 4.14. The zero-order valence-electron chi connectivity index (χ0n) is 7.38. The minimum atomic E-state index is -0.105. The fourth-order valence-corrected chi connectivity index (χ4v) is 0.777. The van der Waals surface area contributed by atoms with Crippen molar-refractivity contribution in [1.29, 1.82) is 5.26 Å². The van der Waals surface area contributed by atoms with Crippen LogP contribution in [0.2, 0.25) is 0 Å². The Kier molecular flexibility index (Phi) is 6.71. The van der Waals surface area contributed by atoms with Gasteiger partial charge in [0.1, 0.15) is 6.04 Å². The highest BCUT2D eigenvalue weighted by Gasteiger charge is 1.99. The van der Waals surface area contributed by atoms with Gasteiger partial charge in [0.2, 0.25) is 0 Å². The molecule has 0 aliphatic rings. The molecule has 0 aliphatic heterocycles. The van der Waals surface area contributed by atoms with Crippen molar-refractivity contribution in [2.75, 3.05) is 0 Å². The van der Waals surface area contributed by atoms with E-state index >= 15 is 0 Å². The van der Waals surface area contributed by atoms with Crippen LogP contribution in [0.3, 0.4) is 0 Å². The van der Waals surface area contributed by atoms with Crippen molar-refractivity contribution in [1.82, 2.24) is 0 Å². The zero-order valence-corrected chi connectivity index (χ0v) is 7.38. The average molecular weight is 152 g/mol. The van der Waals surface area contributed by atoms with E-state index in [4.69, 9.17) is 5.26 Å². The monoisotopic (exact) mass is 152 g/mol. The molecule has 0 saturated carbocycles. The standard InChI is InChI=1S/C9H16N2/c1-3-5-7-11-9(8-10)6-4-2/h7,9H,3-6H2,1-2H3/b11-7+. The maximum atomic E-state index is 8.59. The van der Waals surface area contributed by atoms with E-state index in [0.29, 0.717) is 0 Å².